The highest BCUT2D eigenvalue weighted by atomic mass is 16.2. The molecule has 26 heavy (non-hydrogen) atoms. The molecule has 1 aromatic heterocycles. The van der Waals surface area contributed by atoms with Gasteiger partial charge in [0.15, 0.2) is 0 Å². The first kappa shape index (κ1) is 17.4. The first-order valence-corrected chi connectivity index (χ1v) is 8.36. The summed E-state index contributed by atoms with van der Waals surface area (Å²) in [5.41, 5.74) is 2.36. The van der Waals surface area contributed by atoms with E-state index in [9.17, 15) is 9.59 Å². The number of carbonyl (C=O) groups is 2. The zero-order valence-corrected chi connectivity index (χ0v) is 14.4. The standard InChI is InChI=1S/C20H20N4O2/c1-15(23-20(26)17-8-4-2-5-9-17)19(25)21-12-16-13-22-24(14-16)18-10-6-3-7-11-18/h2-11,13-15H,12H2,1H3,(H,21,25)(H,23,26). The quantitative estimate of drug-likeness (QED) is 0.718. The summed E-state index contributed by atoms with van der Waals surface area (Å²) in [5.74, 6) is -0.521. The van der Waals surface area contributed by atoms with Gasteiger partial charge in [-0.15, -0.1) is 0 Å². The lowest BCUT2D eigenvalue weighted by atomic mass is 10.2. The minimum atomic E-state index is -0.633. The second-order valence-corrected chi connectivity index (χ2v) is 5.91. The summed E-state index contributed by atoms with van der Waals surface area (Å²) >= 11 is 0. The van der Waals surface area contributed by atoms with Crippen molar-refractivity contribution in [3.8, 4) is 5.69 Å². The largest absolute Gasteiger partial charge is 0.350 e. The van der Waals surface area contributed by atoms with Crippen LogP contribution in [-0.4, -0.2) is 27.6 Å². The molecule has 1 atom stereocenters. The highest BCUT2D eigenvalue weighted by Crippen LogP contribution is 2.07. The van der Waals surface area contributed by atoms with E-state index >= 15 is 0 Å². The van der Waals surface area contributed by atoms with Gasteiger partial charge in [-0.3, -0.25) is 9.59 Å². The lowest BCUT2D eigenvalue weighted by Gasteiger charge is -2.13. The number of benzene rings is 2. The average Bonchev–Trinajstić information content (AvgIpc) is 3.16. The lowest BCUT2D eigenvalue weighted by Crippen LogP contribution is -2.44. The van der Waals surface area contributed by atoms with Crippen LogP contribution in [0.1, 0.15) is 22.8 Å². The first-order chi connectivity index (χ1) is 12.6. The number of para-hydroxylation sites is 1. The Balaban J connectivity index is 1.52. The van der Waals surface area contributed by atoms with E-state index in [0.717, 1.165) is 11.3 Å². The zero-order chi connectivity index (χ0) is 18.4. The van der Waals surface area contributed by atoms with E-state index < -0.39 is 6.04 Å². The van der Waals surface area contributed by atoms with Crippen LogP contribution in [-0.2, 0) is 11.3 Å². The van der Waals surface area contributed by atoms with Crippen LogP contribution in [0.15, 0.2) is 73.1 Å². The summed E-state index contributed by atoms with van der Waals surface area (Å²) in [6.45, 7) is 2.00. The van der Waals surface area contributed by atoms with Crippen molar-refractivity contribution in [1.82, 2.24) is 20.4 Å². The van der Waals surface area contributed by atoms with E-state index in [1.807, 2.05) is 42.6 Å². The molecule has 2 amide bonds. The van der Waals surface area contributed by atoms with Crippen LogP contribution in [0.2, 0.25) is 0 Å². The fourth-order valence-corrected chi connectivity index (χ4v) is 2.45. The molecular formula is C20H20N4O2. The van der Waals surface area contributed by atoms with Gasteiger partial charge in [0.2, 0.25) is 5.91 Å². The molecule has 0 aliphatic carbocycles. The van der Waals surface area contributed by atoms with Gasteiger partial charge >= 0.3 is 0 Å². The summed E-state index contributed by atoms with van der Waals surface area (Å²) in [7, 11) is 0. The number of nitrogens with one attached hydrogen (secondary N) is 2. The van der Waals surface area contributed by atoms with Gasteiger partial charge in [0.05, 0.1) is 11.9 Å². The van der Waals surface area contributed by atoms with Crippen molar-refractivity contribution in [3.63, 3.8) is 0 Å². The summed E-state index contributed by atoms with van der Waals surface area (Å²) in [6.07, 6.45) is 3.57. The number of aromatic nitrogens is 2. The Morgan fingerprint density at radius 2 is 1.69 bits per heavy atom. The minimum absolute atomic E-state index is 0.248. The van der Waals surface area contributed by atoms with Crippen molar-refractivity contribution in [1.29, 1.82) is 0 Å². The molecule has 0 fully saturated rings. The minimum Gasteiger partial charge on any atom is -0.350 e. The molecule has 0 bridgehead atoms. The summed E-state index contributed by atoms with van der Waals surface area (Å²) in [5, 5.41) is 9.80. The topological polar surface area (TPSA) is 76.0 Å². The Morgan fingerprint density at radius 3 is 2.38 bits per heavy atom. The Bertz CT molecular complexity index is 875. The van der Waals surface area contributed by atoms with E-state index in [0.29, 0.717) is 12.1 Å². The highest BCUT2D eigenvalue weighted by Gasteiger charge is 2.16. The molecule has 132 valence electrons. The highest BCUT2D eigenvalue weighted by molar-refractivity contribution is 5.97. The molecule has 0 spiro atoms. The third-order valence-corrected chi connectivity index (χ3v) is 3.90. The van der Waals surface area contributed by atoms with E-state index in [4.69, 9.17) is 0 Å². The molecule has 0 aliphatic heterocycles. The summed E-state index contributed by atoms with van der Waals surface area (Å²) in [6, 6.07) is 17.9. The van der Waals surface area contributed by atoms with Crippen LogP contribution >= 0.6 is 0 Å². The third-order valence-electron chi connectivity index (χ3n) is 3.90. The monoisotopic (exact) mass is 348 g/mol. The number of carbonyl (C=O) groups excluding carboxylic acids is 2. The number of amides is 2. The van der Waals surface area contributed by atoms with Crippen LogP contribution in [0, 0.1) is 0 Å². The van der Waals surface area contributed by atoms with Crippen LogP contribution in [0.4, 0.5) is 0 Å². The van der Waals surface area contributed by atoms with E-state index in [2.05, 4.69) is 15.7 Å². The van der Waals surface area contributed by atoms with E-state index in [1.165, 1.54) is 0 Å². The molecule has 3 rings (SSSR count). The summed E-state index contributed by atoms with van der Waals surface area (Å²) < 4.78 is 1.75. The molecule has 1 unspecified atom stereocenters. The van der Waals surface area contributed by atoms with Crippen molar-refractivity contribution < 1.29 is 9.59 Å². The van der Waals surface area contributed by atoms with Crippen LogP contribution in [0.25, 0.3) is 5.69 Å². The molecule has 0 saturated carbocycles. The van der Waals surface area contributed by atoms with Gasteiger partial charge in [-0.2, -0.15) is 5.10 Å². The van der Waals surface area contributed by atoms with Gasteiger partial charge in [0, 0.05) is 23.9 Å². The Hall–Kier alpha value is -3.41. The lowest BCUT2D eigenvalue weighted by molar-refractivity contribution is -0.122. The molecule has 1 heterocycles. The average molecular weight is 348 g/mol. The van der Waals surface area contributed by atoms with E-state index in [1.54, 1.807) is 42.1 Å². The smallest absolute Gasteiger partial charge is 0.251 e. The number of hydrogen-bond acceptors (Lipinski definition) is 3. The maximum absolute atomic E-state index is 12.2. The molecule has 6 heteroatoms. The van der Waals surface area contributed by atoms with Gasteiger partial charge < -0.3 is 10.6 Å². The Labute approximate surface area is 151 Å². The molecule has 0 aliphatic rings. The SMILES string of the molecule is CC(NC(=O)c1ccccc1)C(=O)NCc1cnn(-c2ccccc2)c1. The molecule has 2 aromatic carbocycles. The predicted molar refractivity (Wildman–Crippen MR) is 98.8 cm³/mol. The van der Waals surface area contributed by atoms with Crippen molar-refractivity contribution in [2.45, 2.75) is 19.5 Å². The Morgan fingerprint density at radius 1 is 1.04 bits per heavy atom. The molecule has 3 aromatic rings. The van der Waals surface area contributed by atoms with Crippen LogP contribution in [0.5, 0.6) is 0 Å². The van der Waals surface area contributed by atoms with E-state index in [-0.39, 0.29) is 11.8 Å². The first-order valence-electron chi connectivity index (χ1n) is 8.36. The zero-order valence-electron chi connectivity index (χ0n) is 14.4. The van der Waals surface area contributed by atoms with Crippen molar-refractivity contribution in [2.75, 3.05) is 0 Å². The second-order valence-electron chi connectivity index (χ2n) is 5.91. The van der Waals surface area contributed by atoms with Crippen molar-refractivity contribution in [3.05, 3.63) is 84.2 Å². The second kappa shape index (κ2) is 8.11. The fourth-order valence-electron chi connectivity index (χ4n) is 2.45. The normalized spacial score (nSPS) is 11.6. The molecular weight excluding hydrogens is 328 g/mol. The van der Waals surface area contributed by atoms with Gasteiger partial charge in [-0.05, 0) is 31.2 Å². The third kappa shape index (κ3) is 4.36. The van der Waals surface area contributed by atoms with Gasteiger partial charge in [-0.1, -0.05) is 36.4 Å². The Kier molecular flexibility index (Phi) is 5.43. The van der Waals surface area contributed by atoms with Gasteiger partial charge in [0.1, 0.15) is 6.04 Å². The number of hydrogen-bond donors (Lipinski definition) is 2. The van der Waals surface area contributed by atoms with Crippen LogP contribution in [0.3, 0.4) is 0 Å². The maximum atomic E-state index is 12.2. The summed E-state index contributed by atoms with van der Waals surface area (Å²) in [4.78, 5) is 24.3. The van der Waals surface area contributed by atoms with Crippen molar-refractivity contribution >= 4 is 11.8 Å². The van der Waals surface area contributed by atoms with Gasteiger partial charge in [0.25, 0.3) is 5.91 Å². The van der Waals surface area contributed by atoms with Crippen molar-refractivity contribution in [2.24, 2.45) is 0 Å². The van der Waals surface area contributed by atoms with Crippen LogP contribution < -0.4 is 10.6 Å². The molecule has 6 nitrogen and oxygen atoms in total. The van der Waals surface area contributed by atoms with Gasteiger partial charge in [-0.25, -0.2) is 4.68 Å². The number of rotatable bonds is 6. The molecule has 2 N–H and O–H groups in total. The fraction of sp³-hybridized carbons (Fsp3) is 0.150. The molecule has 0 saturated heterocycles. The predicted octanol–water partition coefficient (Wildman–Crippen LogP) is 2.31. The number of nitrogens with zero attached hydrogens (tertiary/aromatic N) is 2. The molecule has 0 radical (unpaired) electrons. The maximum Gasteiger partial charge on any atom is 0.251 e.